The summed E-state index contributed by atoms with van der Waals surface area (Å²) < 4.78 is 2.05. The first-order valence-electron chi connectivity index (χ1n) is 11.1. The van der Waals surface area contributed by atoms with Gasteiger partial charge in [0.1, 0.15) is 0 Å². The van der Waals surface area contributed by atoms with Crippen molar-refractivity contribution in [3.05, 3.63) is 73.1 Å². The average Bonchev–Trinajstić information content (AvgIpc) is 3.53. The maximum Gasteiger partial charge on any atom is 0.227 e. The smallest absolute Gasteiger partial charge is 0.227 e. The highest BCUT2D eigenvalue weighted by Gasteiger charge is 2.24. The van der Waals surface area contributed by atoms with Crippen LogP contribution in [0.25, 0.3) is 11.1 Å². The summed E-state index contributed by atoms with van der Waals surface area (Å²) in [5.74, 6) is 1.21. The van der Waals surface area contributed by atoms with Crippen LogP contribution in [0.3, 0.4) is 0 Å². The molecule has 7 heteroatoms. The second-order valence-electron chi connectivity index (χ2n) is 8.70. The van der Waals surface area contributed by atoms with E-state index in [1.54, 1.807) is 18.6 Å². The Labute approximate surface area is 188 Å². The lowest BCUT2D eigenvalue weighted by atomic mass is 10.0. The molecule has 7 nitrogen and oxygen atoms in total. The van der Waals surface area contributed by atoms with Gasteiger partial charge in [-0.15, -0.1) is 0 Å². The van der Waals surface area contributed by atoms with Gasteiger partial charge < -0.3 is 10.6 Å². The molecular formula is C25H27N7. The molecule has 0 saturated heterocycles. The van der Waals surface area contributed by atoms with Gasteiger partial charge >= 0.3 is 0 Å². The van der Waals surface area contributed by atoms with Crippen molar-refractivity contribution in [3.8, 4) is 11.1 Å². The van der Waals surface area contributed by atoms with Gasteiger partial charge in [0.15, 0.2) is 0 Å². The van der Waals surface area contributed by atoms with E-state index in [-0.39, 0.29) is 0 Å². The number of benzene rings is 1. The van der Waals surface area contributed by atoms with Crippen LogP contribution in [0.5, 0.6) is 0 Å². The lowest BCUT2D eigenvalue weighted by Gasteiger charge is -2.11. The summed E-state index contributed by atoms with van der Waals surface area (Å²) in [5, 5.41) is 11.2. The molecule has 0 spiro atoms. The standard InChI is InChI=1S/C25H27N7/c1-17(2)11-18-3-5-20(6-4-18)31-25-27-13-21(14-28-25)30-24-9-10-26-15-23(24)19-12-29-32(16-19)22-7-8-22/h3-6,9-10,12-17,22H,7-8,11H2,1-2H3,(H,26,30)(H,27,28,31). The summed E-state index contributed by atoms with van der Waals surface area (Å²) in [6.45, 7) is 4.46. The van der Waals surface area contributed by atoms with Crippen LogP contribution in [0, 0.1) is 5.92 Å². The predicted molar refractivity (Wildman–Crippen MR) is 127 cm³/mol. The molecule has 0 unspecified atom stereocenters. The van der Waals surface area contributed by atoms with E-state index in [4.69, 9.17) is 0 Å². The molecule has 162 valence electrons. The first kappa shape index (κ1) is 20.2. The monoisotopic (exact) mass is 425 g/mol. The van der Waals surface area contributed by atoms with Gasteiger partial charge in [0.25, 0.3) is 0 Å². The lowest BCUT2D eigenvalue weighted by Crippen LogP contribution is -2.00. The summed E-state index contributed by atoms with van der Waals surface area (Å²) in [7, 11) is 0. The van der Waals surface area contributed by atoms with Gasteiger partial charge in [-0.1, -0.05) is 26.0 Å². The first-order chi connectivity index (χ1) is 15.6. The highest BCUT2D eigenvalue weighted by atomic mass is 15.3. The van der Waals surface area contributed by atoms with Crippen LogP contribution in [0.4, 0.5) is 23.0 Å². The van der Waals surface area contributed by atoms with Gasteiger partial charge in [0.2, 0.25) is 5.95 Å². The van der Waals surface area contributed by atoms with E-state index in [9.17, 15) is 0 Å². The fourth-order valence-electron chi connectivity index (χ4n) is 3.69. The van der Waals surface area contributed by atoms with Crippen molar-refractivity contribution in [3.63, 3.8) is 0 Å². The van der Waals surface area contributed by atoms with Gasteiger partial charge in [-0.25, -0.2) is 9.97 Å². The Balaban J connectivity index is 1.27. The van der Waals surface area contributed by atoms with E-state index >= 15 is 0 Å². The zero-order chi connectivity index (χ0) is 21.9. The average molecular weight is 426 g/mol. The highest BCUT2D eigenvalue weighted by Crippen LogP contribution is 2.36. The summed E-state index contributed by atoms with van der Waals surface area (Å²) in [4.78, 5) is 13.2. The fraction of sp³-hybridized carbons (Fsp3) is 0.280. The molecule has 3 aromatic heterocycles. The Hall–Kier alpha value is -3.74. The number of anilines is 4. The molecule has 1 aromatic carbocycles. The Morgan fingerprint density at radius 2 is 1.72 bits per heavy atom. The van der Waals surface area contributed by atoms with Gasteiger partial charge in [0.05, 0.1) is 30.3 Å². The molecule has 3 heterocycles. The second kappa shape index (κ2) is 8.78. The van der Waals surface area contributed by atoms with E-state index < -0.39 is 0 Å². The van der Waals surface area contributed by atoms with Crippen LogP contribution >= 0.6 is 0 Å². The quantitative estimate of drug-likeness (QED) is 0.374. The van der Waals surface area contributed by atoms with E-state index in [0.29, 0.717) is 17.9 Å². The molecule has 1 fully saturated rings. The fourth-order valence-corrected chi connectivity index (χ4v) is 3.69. The number of rotatable bonds is 8. The minimum atomic E-state index is 0.552. The number of hydrogen-bond donors (Lipinski definition) is 2. The van der Waals surface area contributed by atoms with E-state index in [1.165, 1.54) is 18.4 Å². The van der Waals surface area contributed by atoms with Crippen LogP contribution in [0.2, 0.25) is 0 Å². The Morgan fingerprint density at radius 1 is 0.938 bits per heavy atom. The van der Waals surface area contributed by atoms with Crippen LogP contribution in [0.1, 0.15) is 38.3 Å². The molecule has 32 heavy (non-hydrogen) atoms. The summed E-state index contributed by atoms with van der Waals surface area (Å²) >= 11 is 0. The molecule has 4 aromatic rings. The molecule has 0 atom stereocenters. The van der Waals surface area contributed by atoms with E-state index in [2.05, 4.69) is 75.0 Å². The van der Waals surface area contributed by atoms with E-state index in [0.717, 1.165) is 34.6 Å². The maximum absolute atomic E-state index is 4.50. The molecule has 0 amide bonds. The van der Waals surface area contributed by atoms with Crippen molar-refractivity contribution in [1.82, 2.24) is 24.7 Å². The Kier molecular flexibility index (Phi) is 5.54. The van der Waals surface area contributed by atoms with Crippen molar-refractivity contribution < 1.29 is 0 Å². The van der Waals surface area contributed by atoms with Crippen molar-refractivity contribution in [2.45, 2.75) is 39.2 Å². The summed E-state index contributed by atoms with van der Waals surface area (Å²) in [6, 6.07) is 10.9. The molecule has 1 saturated carbocycles. The van der Waals surface area contributed by atoms with Crippen molar-refractivity contribution in [2.75, 3.05) is 10.6 Å². The van der Waals surface area contributed by atoms with Crippen LogP contribution in [-0.2, 0) is 6.42 Å². The normalized spacial score (nSPS) is 13.3. The van der Waals surface area contributed by atoms with Crippen molar-refractivity contribution in [2.24, 2.45) is 5.92 Å². The summed E-state index contributed by atoms with van der Waals surface area (Å²) in [5.41, 5.74) is 6.12. The Morgan fingerprint density at radius 3 is 2.44 bits per heavy atom. The maximum atomic E-state index is 4.50. The lowest BCUT2D eigenvalue weighted by molar-refractivity contribution is 0.642. The third-order valence-corrected chi connectivity index (χ3v) is 5.44. The molecule has 2 N–H and O–H groups in total. The van der Waals surface area contributed by atoms with Gasteiger partial charge in [-0.2, -0.15) is 5.10 Å². The van der Waals surface area contributed by atoms with Gasteiger partial charge in [0, 0.05) is 41.1 Å². The molecule has 0 radical (unpaired) electrons. The zero-order valence-electron chi connectivity index (χ0n) is 18.4. The number of hydrogen-bond acceptors (Lipinski definition) is 6. The topological polar surface area (TPSA) is 80.5 Å². The van der Waals surface area contributed by atoms with Crippen LogP contribution in [0.15, 0.2) is 67.5 Å². The van der Waals surface area contributed by atoms with Crippen LogP contribution in [-0.4, -0.2) is 24.7 Å². The highest BCUT2D eigenvalue weighted by molar-refractivity contribution is 5.79. The molecule has 1 aliphatic rings. The predicted octanol–water partition coefficient (Wildman–Crippen LogP) is 5.76. The third-order valence-electron chi connectivity index (χ3n) is 5.44. The minimum Gasteiger partial charge on any atom is -0.352 e. The van der Waals surface area contributed by atoms with Crippen molar-refractivity contribution >= 4 is 23.0 Å². The Bertz CT molecular complexity index is 1180. The molecule has 1 aliphatic carbocycles. The number of pyridine rings is 1. The number of nitrogens with one attached hydrogen (secondary N) is 2. The molecule has 0 bridgehead atoms. The van der Waals surface area contributed by atoms with Gasteiger partial charge in [-0.3, -0.25) is 9.67 Å². The van der Waals surface area contributed by atoms with Gasteiger partial charge in [-0.05, 0) is 48.9 Å². The summed E-state index contributed by atoms with van der Waals surface area (Å²) in [6.07, 6.45) is 14.7. The van der Waals surface area contributed by atoms with Crippen molar-refractivity contribution in [1.29, 1.82) is 0 Å². The molecule has 0 aliphatic heterocycles. The first-order valence-corrected chi connectivity index (χ1v) is 11.1. The number of nitrogens with zero attached hydrogens (tertiary/aromatic N) is 5. The number of aromatic nitrogens is 5. The molecule has 5 rings (SSSR count). The van der Waals surface area contributed by atoms with E-state index in [1.807, 2.05) is 23.1 Å². The minimum absolute atomic E-state index is 0.552. The second-order valence-corrected chi connectivity index (χ2v) is 8.70. The largest absolute Gasteiger partial charge is 0.352 e. The zero-order valence-corrected chi connectivity index (χ0v) is 18.4. The third kappa shape index (κ3) is 4.77. The SMILES string of the molecule is CC(C)Cc1ccc(Nc2ncc(Nc3ccncc3-c3cnn(C4CC4)c3)cn2)cc1. The van der Waals surface area contributed by atoms with Crippen LogP contribution < -0.4 is 10.6 Å². The molecular weight excluding hydrogens is 398 g/mol.